The zero-order valence-corrected chi connectivity index (χ0v) is 17.1. The van der Waals surface area contributed by atoms with E-state index >= 15 is 0 Å². The Bertz CT molecular complexity index is 962. The lowest BCUT2D eigenvalue weighted by molar-refractivity contribution is -0.148. The number of aromatic nitrogens is 1. The molecule has 7 heteroatoms. The molecule has 146 valence electrons. The van der Waals surface area contributed by atoms with Crippen LogP contribution in [0.5, 0.6) is 0 Å². The lowest BCUT2D eigenvalue weighted by Gasteiger charge is -2.18. The fraction of sp³-hybridized carbons (Fsp3) is 0.286. The predicted octanol–water partition coefficient (Wildman–Crippen LogP) is 3.75. The summed E-state index contributed by atoms with van der Waals surface area (Å²) in [6.07, 6.45) is 1.72. The summed E-state index contributed by atoms with van der Waals surface area (Å²) in [7, 11) is 1.23. The first-order valence-corrected chi connectivity index (χ1v) is 9.70. The van der Waals surface area contributed by atoms with Crippen LogP contribution in [-0.4, -0.2) is 39.7 Å². The molecule has 1 fully saturated rings. The van der Waals surface area contributed by atoms with Gasteiger partial charge in [-0.3, -0.25) is 14.5 Å². The summed E-state index contributed by atoms with van der Waals surface area (Å²) in [6.45, 7) is 6.21. The van der Waals surface area contributed by atoms with Gasteiger partial charge in [-0.15, -0.1) is 0 Å². The molecule has 0 saturated carbocycles. The second-order valence-electron chi connectivity index (χ2n) is 6.65. The number of esters is 1. The van der Waals surface area contributed by atoms with Crippen LogP contribution in [0.2, 0.25) is 0 Å². The number of rotatable bonds is 5. The first kappa shape index (κ1) is 19.9. The average Bonchev–Trinajstić information content (AvgIpc) is 3.11. The van der Waals surface area contributed by atoms with Gasteiger partial charge < -0.3 is 9.30 Å². The van der Waals surface area contributed by atoms with Gasteiger partial charge in [-0.1, -0.05) is 30.3 Å². The number of carbonyl (C=O) groups excluding carboxylic acids is 3. The summed E-state index contributed by atoms with van der Waals surface area (Å²) >= 11 is 0.842. The highest BCUT2D eigenvalue weighted by atomic mass is 32.2. The van der Waals surface area contributed by atoms with Crippen LogP contribution in [0.3, 0.4) is 0 Å². The Hall–Kier alpha value is -2.80. The predicted molar refractivity (Wildman–Crippen MR) is 109 cm³/mol. The molecule has 1 aliphatic heterocycles. The van der Waals surface area contributed by atoms with Crippen molar-refractivity contribution in [3.8, 4) is 0 Å². The van der Waals surface area contributed by atoms with Crippen LogP contribution in [0.1, 0.15) is 29.4 Å². The highest BCUT2D eigenvalue weighted by Crippen LogP contribution is 2.34. The number of benzene rings is 1. The van der Waals surface area contributed by atoms with E-state index in [1.54, 1.807) is 6.08 Å². The fourth-order valence-electron chi connectivity index (χ4n) is 3.21. The Morgan fingerprint density at radius 1 is 1.21 bits per heavy atom. The third kappa shape index (κ3) is 3.75. The molecule has 1 atom stereocenters. The van der Waals surface area contributed by atoms with Crippen LogP contribution >= 0.6 is 11.8 Å². The monoisotopic (exact) mass is 398 g/mol. The summed E-state index contributed by atoms with van der Waals surface area (Å²) in [5.41, 5.74) is 4.14. The molecule has 2 amide bonds. The van der Waals surface area contributed by atoms with Crippen molar-refractivity contribution in [1.82, 2.24) is 9.47 Å². The average molecular weight is 398 g/mol. The zero-order chi connectivity index (χ0) is 20.4. The van der Waals surface area contributed by atoms with Crippen molar-refractivity contribution in [1.29, 1.82) is 0 Å². The number of aryl methyl sites for hydroxylation is 1. The van der Waals surface area contributed by atoms with Gasteiger partial charge in [0.15, 0.2) is 0 Å². The van der Waals surface area contributed by atoms with E-state index in [0.717, 1.165) is 40.2 Å². The molecule has 0 aliphatic carbocycles. The molecule has 6 nitrogen and oxygen atoms in total. The SMILES string of the molecule is COC(=O)[C@@H](C)N1C(=O)S/C(=C/c2cc(C)n(Cc3ccccc3)c2C)C1=O. The van der Waals surface area contributed by atoms with Crippen LogP contribution < -0.4 is 0 Å². The molecule has 1 saturated heterocycles. The van der Waals surface area contributed by atoms with Crippen LogP contribution in [0.15, 0.2) is 41.3 Å². The van der Waals surface area contributed by atoms with Crippen LogP contribution in [0.4, 0.5) is 4.79 Å². The minimum absolute atomic E-state index is 0.306. The first-order chi connectivity index (χ1) is 13.3. The van der Waals surface area contributed by atoms with Gasteiger partial charge in [0, 0.05) is 17.9 Å². The molecular weight excluding hydrogens is 376 g/mol. The van der Waals surface area contributed by atoms with Gasteiger partial charge >= 0.3 is 5.97 Å². The molecule has 1 aromatic carbocycles. The van der Waals surface area contributed by atoms with Crippen LogP contribution in [-0.2, 0) is 20.9 Å². The van der Waals surface area contributed by atoms with Crippen molar-refractivity contribution in [3.05, 3.63) is 63.8 Å². The Balaban J connectivity index is 1.88. The van der Waals surface area contributed by atoms with Gasteiger partial charge in [0.1, 0.15) is 6.04 Å². The van der Waals surface area contributed by atoms with E-state index in [9.17, 15) is 14.4 Å². The molecule has 1 aliphatic rings. The number of methoxy groups -OCH3 is 1. The Morgan fingerprint density at radius 3 is 2.54 bits per heavy atom. The third-order valence-corrected chi connectivity index (χ3v) is 5.72. The van der Waals surface area contributed by atoms with Crippen molar-refractivity contribution in [2.45, 2.75) is 33.4 Å². The normalized spacial score (nSPS) is 16.7. The number of thioether (sulfide) groups is 1. The number of carbonyl (C=O) groups is 3. The van der Waals surface area contributed by atoms with Gasteiger partial charge in [-0.05, 0) is 55.8 Å². The van der Waals surface area contributed by atoms with E-state index in [0.29, 0.717) is 4.91 Å². The maximum atomic E-state index is 12.7. The lowest BCUT2D eigenvalue weighted by atomic mass is 10.2. The van der Waals surface area contributed by atoms with Crippen molar-refractivity contribution in [3.63, 3.8) is 0 Å². The highest BCUT2D eigenvalue weighted by Gasteiger charge is 2.41. The second kappa shape index (κ2) is 8.06. The molecule has 0 radical (unpaired) electrons. The Morgan fingerprint density at radius 2 is 1.89 bits per heavy atom. The molecule has 2 aromatic rings. The fourth-order valence-corrected chi connectivity index (χ4v) is 4.11. The molecule has 0 spiro atoms. The third-order valence-electron chi connectivity index (χ3n) is 4.84. The first-order valence-electron chi connectivity index (χ1n) is 8.89. The topological polar surface area (TPSA) is 68.6 Å². The molecule has 0 unspecified atom stereocenters. The molecule has 0 bridgehead atoms. The standard InChI is InChI=1S/C21H22N2O4S/c1-13-10-17(14(2)22(13)12-16-8-6-5-7-9-16)11-18-19(24)23(21(26)28-18)15(3)20(25)27-4/h5-11,15H,12H2,1-4H3/b18-11+/t15-/m1/s1. The smallest absolute Gasteiger partial charge is 0.328 e. The number of hydrogen-bond donors (Lipinski definition) is 0. The molecule has 0 N–H and O–H groups in total. The van der Waals surface area contributed by atoms with E-state index < -0.39 is 23.2 Å². The second-order valence-corrected chi connectivity index (χ2v) is 7.64. The summed E-state index contributed by atoms with van der Waals surface area (Å²) in [6, 6.07) is 11.2. The molecule has 1 aromatic heterocycles. The van der Waals surface area contributed by atoms with Crippen molar-refractivity contribution in [2.24, 2.45) is 0 Å². The summed E-state index contributed by atoms with van der Waals surface area (Å²) in [5.74, 6) is -1.09. The van der Waals surface area contributed by atoms with Gasteiger partial charge in [0.2, 0.25) is 0 Å². The zero-order valence-electron chi connectivity index (χ0n) is 16.3. The van der Waals surface area contributed by atoms with Gasteiger partial charge in [0.25, 0.3) is 11.1 Å². The van der Waals surface area contributed by atoms with E-state index in [-0.39, 0.29) is 0 Å². The minimum atomic E-state index is -0.950. The van der Waals surface area contributed by atoms with Crippen molar-refractivity contribution < 1.29 is 19.1 Å². The van der Waals surface area contributed by atoms with E-state index in [4.69, 9.17) is 0 Å². The maximum Gasteiger partial charge on any atom is 0.328 e. The Labute approximate surface area is 168 Å². The largest absolute Gasteiger partial charge is 0.467 e. The molecule has 3 rings (SSSR count). The Kier molecular flexibility index (Phi) is 5.74. The number of ether oxygens (including phenoxy) is 1. The highest BCUT2D eigenvalue weighted by molar-refractivity contribution is 8.18. The van der Waals surface area contributed by atoms with Crippen LogP contribution in [0, 0.1) is 13.8 Å². The van der Waals surface area contributed by atoms with E-state index in [2.05, 4.69) is 21.4 Å². The molecule has 28 heavy (non-hydrogen) atoms. The number of amides is 2. The van der Waals surface area contributed by atoms with Crippen molar-refractivity contribution in [2.75, 3.05) is 7.11 Å². The minimum Gasteiger partial charge on any atom is -0.467 e. The van der Waals surface area contributed by atoms with Gasteiger partial charge in [-0.25, -0.2) is 4.79 Å². The number of nitrogens with zero attached hydrogens (tertiary/aromatic N) is 2. The molecular formula is C21H22N2O4S. The van der Waals surface area contributed by atoms with E-state index in [1.807, 2.05) is 38.1 Å². The number of imide groups is 1. The lowest BCUT2D eigenvalue weighted by Crippen LogP contribution is -2.42. The van der Waals surface area contributed by atoms with Gasteiger partial charge in [-0.2, -0.15) is 0 Å². The number of hydrogen-bond acceptors (Lipinski definition) is 5. The summed E-state index contributed by atoms with van der Waals surface area (Å²) < 4.78 is 6.82. The van der Waals surface area contributed by atoms with E-state index in [1.165, 1.54) is 19.6 Å². The maximum absolute atomic E-state index is 12.7. The summed E-state index contributed by atoms with van der Waals surface area (Å²) in [5, 5.41) is -0.466. The quantitative estimate of drug-likeness (QED) is 0.567. The van der Waals surface area contributed by atoms with Crippen molar-refractivity contribution >= 4 is 35.0 Å². The van der Waals surface area contributed by atoms with Gasteiger partial charge in [0.05, 0.1) is 12.0 Å². The van der Waals surface area contributed by atoms with Crippen LogP contribution in [0.25, 0.3) is 6.08 Å². The molecule has 2 heterocycles. The summed E-state index contributed by atoms with van der Waals surface area (Å²) in [4.78, 5) is 37.9.